The summed E-state index contributed by atoms with van der Waals surface area (Å²) in [4.78, 5) is 28.8. The Morgan fingerprint density at radius 2 is 2.25 bits per heavy atom. The minimum atomic E-state index is -0.773. The van der Waals surface area contributed by atoms with E-state index in [4.69, 9.17) is 5.11 Å². The van der Waals surface area contributed by atoms with Gasteiger partial charge in [-0.25, -0.2) is 4.98 Å². The highest BCUT2D eigenvalue weighted by Gasteiger charge is 2.24. The number of rotatable bonds is 4. The fourth-order valence-corrected chi connectivity index (χ4v) is 2.73. The summed E-state index contributed by atoms with van der Waals surface area (Å²) < 4.78 is 0.701. The molecule has 0 aliphatic carbocycles. The molecule has 1 aliphatic heterocycles. The van der Waals surface area contributed by atoms with Crippen molar-refractivity contribution in [3.63, 3.8) is 0 Å². The van der Waals surface area contributed by atoms with Crippen molar-refractivity contribution in [2.45, 2.75) is 25.7 Å². The number of carboxylic acids is 1. The number of aliphatic carboxylic acids is 1. The van der Waals surface area contributed by atoms with Crippen molar-refractivity contribution in [1.29, 1.82) is 0 Å². The molecular formula is C14H17BrN2O3. The zero-order valence-electron chi connectivity index (χ0n) is 11.1. The Morgan fingerprint density at radius 1 is 1.45 bits per heavy atom. The van der Waals surface area contributed by atoms with Gasteiger partial charge in [-0.3, -0.25) is 9.59 Å². The lowest BCUT2D eigenvalue weighted by atomic mass is 9.93. The third-order valence-electron chi connectivity index (χ3n) is 3.55. The van der Waals surface area contributed by atoms with Gasteiger partial charge in [-0.2, -0.15) is 0 Å². The van der Waals surface area contributed by atoms with Crippen LogP contribution in [0.4, 0.5) is 0 Å². The van der Waals surface area contributed by atoms with Gasteiger partial charge in [-0.05, 0) is 53.2 Å². The van der Waals surface area contributed by atoms with Gasteiger partial charge in [0.25, 0.3) is 5.91 Å². The molecule has 6 heteroatoms. The van der Waals surface area contributed by atoms with Crippen molar-refractivity contribution in [2.75, 3.05) is 13.1 Å². The van der Waals surface area contributed by atoms with Gasteiger partial charge in [-0.1, -0.05) is 0 Å². The van der Waals surface area contributed by atoms with Crippen molar-refractivity contribution >= 4 is 27.8 Å². The number of hydrogen-bond acceptors (Lipinski definition) is 3. The first-order valence-corrected chi connectivity index (χ1v) is 7.48. The number of likely N-dealkylation sites (tertiary alicyclic amines) is 1. The molecule has 108 valence electrons. The lowest BCUT2D eigenvalue weighted by Gasteiger charge is -2.32. The third-order valence-corrected chi connectivity index (χ3v) is 4.02. The van der Waals surface area contributed by atoms with E-state index in [-0.39, 0.29) is 18.2 Å². The molecule has 1 N–H and O–H groups in total. The predicted octanol–water partition coefficient (Wildman–Crippen LogP) is 2.56. The fourth-order valence-electron chi connectivity index (χ4n) is 2.50. The summed E-state index contributed by atoms with van der Waals surface area (Å²) >= 11 is 3.24. The molecule has 2 heterocycles. The highest BCUT2D eigenvalue weighted by molar-refractivity contribution is 9.10. The van der Waals surface area contributed by atoms with Gasteiger partial charge in [0.15, 0.2) is 0 Å². The Morgan fingerprint density at radius 3 is 2.90 bits per heavy atom. The van der Waals surface area contributed by atoms with Crippen molar-refractivity contribution < 1.29 is 14.7 Å². The Hall–Kier alpha value is -1.43. The summed E-state index contributed by atoms with van der Waals surface area (Å²) in [6.07, 6.45) is 4.30. The number of carboxylic acid groups (broad SMARTS) is 1. The maximum atomic E-state index is 12.3. The molecule has 1 unspecified atom stereocenters. The van der Waals surface area contributed by atoms with Crippen LogP contribution in [0, 0.1) is 5.92 Å². The monoisotopic (exact) mass is 340 g/mol. The number of halogens is 1. The normalized spacial score (nSPS) is 18.9. The average molecular weight is 341 g/mol. The number of amides is 1. The van der Waals surface area contributed by atoms with Gasteiger partial charge in [0.1, 0.15) is 4.60 Å². The minimum Gasteiger partial charge on any atom is -0.481 e. The van der Waals surface area contributed by atoms with Gasteiger partial charge in [0.05, 0.1) is 5.56 Å². The molecule has 1 atom stereocenters. The number of aromatic nitrogens is 1. The number of pyridine rings is 1. The fraction of sp³-hybridized carbons (Fsp3) is 0.500. The Balaban J connectivity index is 1.96. The van der Waals surface area contributed by atoms with Gasteiger partial charge in [0, 0.05) is 25.7 Å². The van der Waals surface area contributed by atoms with E-state index in [0.29, 0.717) is 23.1 Å². The van der Waals surface area contributed by atoms with Crippen LogP contribution in [0.2, 0.25) is 0 Å². The van der Waals surface area contributed by atoms with Crippen molar-refractivity contribution in [1.82, 2.24) is 9.88 Å². The Kier molecular flexibility index (Phi) is 5.11. The molecular weight excluding hydrogens is 324 g/mol. The zero-order valence-corrected chi connectivity index (χ0v) is 12.7. The number of hydrogen-bond donors (Lipinski definition) is 1. The summed E-state index contributed by atoms with van der Waals surface area (Å²) in [5, 5.41) is 8.73. The van der Waals surface area contributed by atoms with E-state index < -0.39 is 5.97 Å². The van der Waals surface area contributed by atoms with E-state index in [1.807, 2.05) is 0 Å². The van der Waals surface area contributed by atoms with Gasteiger partial charge in [0.2, 0.25) is 0 Å². The Bertz CT molecular complexity index is 490. The van der Waals surface area contributed by atoms with Crippen LogP contribution in [-0.4, -0.2) is 40.0 Å². The molecule has 2 rings (SSSR count). The van der Waals surface area contributed by atoms with E-state index in [1.54, 1.807) is 23.2 Å². The summed E-state index contributed by atoms with van der Waals surface area (Å²) in [6.45, 7) is 1.38. The van der Waals surface area contributed by atoms with E-state index in [2.05, 4.69) is 20.9 Å². The van der Waals surface area contributed by atoms with E-state index in [1.165, 1.54) is 0 Å². The second-order valence-corrected chi connectivity index (χ2v) is 5.87. The molecule has 1 aliphatic rings. The number of carbonyl (C=O) groups is 2. The quantitative estimate of drug-likeness (QED) is 0.855. The van der Waals surface area contributed by atoms with E-state index in [9.17, 15) is 9.59 Å². The van der Waals surface area contributed by atoms with Crippen molar-refractivity contribution in [3.05, 3.63) is 28.5 Å². The van der Waals surface area contributed by atoms with Crippen LogP contribution in [0.15, 0.2) is 22.9 Å². The lowest BCUT2D eigenvalue weighted by molar-refractivity contribution is -0.137. The summed E-state index contributed by atoms with van der Waals surface area (Å²) in [6, 6.07) is 3.50. The number of nitrogens with zero attached hydrogens (tertiary/aromatic N) is 2. The molecule has 0 aromatic carbocycles. The maximum Gasteiger partial charge on any atom is 0.303 e. The molecule has 1 amide bonds. The number of carbonyl (C=O) groups excluding carboxylic acids is 1. The molecule has 0 saturated carbocycles. The van der Waals surface area contributed by atoms with E-state index in [0.717, 1.165) is 19.4 Å². The van der Waals surface area contributed by atoms with Crippen LogP contribution >= 0.6 is 15.9 Å². The van der Waals surface area contributed by atoms with Crippen LogP contribution in [0.3, 0.4) is 0 Å². The highest BCUT2D eigenvalue weighted by atomic mass is 79.9. The Labute approximate surface area is 126 Å². The van der Waals surface area contributed by atoms with E-state index >= 15 is 0 Å². The maximum absolute atomic E-state index is 12.3. The molecule has 1 aromatic heterocycles. The molecule has 0 spiro atoms. The largest absolute Gasteiger partial charge is 0.481 e. The molecule has 20 heavy (non-hydrogen) atoms. The zero-order chi connectivity index (χ0) is 14.5. The lowest BCUT2D eigenvalue weighted by Crippen LogP contribution is -2.40. The molecule has 1 saturated heterocycles. The summed E-state index contributed by atoms with van der Waals surface area (Å²) in [7, 11) is 0. The molecule has 0 bridgehead atoms. The smallest absolute Gasteiger partial charge is 0.303 e. The van der Waals surface area contributed by atoms with Gasteiger partial charge < -0.3 is 10.0 Å². The highest BCUT2D eigenvalue weighted by Crippen LogP contribution is 2.22. The average Bonchev–Trinajstić information content (AvgIpc) is 2.45. The van der Waals surface area contributed by atoms with Crippen LogP contribution in [0.25, 0.3) is 0 Å². The van der Waals surface area contributed by atoms with Crippen LogP contribution in [0.1, 0.15) is 36.0 Å². The number of piperidine rings is 1. The second kappa shape index (κ2) is 6.83. The van der Waals surface area contributed by atoms with Crippen molar-refractivity contribution in [3.8, 4) is 0 Å². The standard InChI is InChI=1S/C14H17BrN2O3/c15-12-5-4-11(8-16-12)14(20)17-7-1-2-10(9-17)3-6-13(18)19/h4-5,8,10H,1-3,6-7,9H2,(H,18,19). The molecule has 1 fully saturated rings. The second-order valence-electron chi connectivity index (χ2n) is 5.06. The van der Waals surface area contributed by atoms with Crippen LogP contribution in [-0.2, 0) is 4.79 Å². The predicted molar refractivity (Wildman–Crippen MR) is 77.4 cm³/mol. The molecule has 0 radical (unpaired) electrons. The first kappa shape index (κ1) is 15.0. The first-order chi connectivity index (χ1) is 9.56. The summed E-state index contributed by atoms with van der Waals surface area (Å²) in [5.41, 5.74) is 0.576. The first-order valence-electron chi connectivity index (χ1n) is 6.69. The molecule has 1 aromatic rings. The molecule has 5 nitrogen and oxygen atoms in total. The topological polar surface area (TPSA) is 70.5 Å². The summed E-state index contributed by atoms with van der Waals surface area (Å²) in [5.74, 6) is -0.511. The van der Waals surface area contributed by atoms with Crippen molar-refractivity contribution in [2.24, 2.45) is 5.92 Å². The third kappa shape index (κ3) is 4.03. The van der Waals surface area contributed by atoms with Gasteiger partial charge in [-0.15, -0.1) is 0 Å². The minimum absolute atomic E-state index is 0.0231. The van der Waals surface area contributed by atoms with Crippen LogP contribution < -0.4 is 0 Å². The van der Waals surface area contributed by atoms with Gasteiger partial charge >= 0.3 is 5.97 Å². The SMILES string of the molecule is O=C(O)CCC1CCCN(C(=O)c2ccc(Br)nc2)C1. The van der Waals surface area contributed by atoms with Crippen LogP contribution in [0.5, 0.6) is 0 Å².